The van der Waals surface area contributed by atoms with Crippen LogP contribution >= 0.6 is 0 Å². The molecule has 1 saturated carbocycles. The molecule has 0 unspecified atom stereocenters. The van der Waals surface area contributed by atoms with Gasteiger partial charge in [-0.15, -0.1) is 0 Å². The van der Waals surface area contributed by atoms with E-state index in [1.807, 2.05) is 0 Å². The van der Waals surface area contributed by atoms with Crippen molar-refractivity contribution in [2.24, 2.45) is 0 Å². The van der Waals surface area contributed by atoms with E-state index < -0.39 is 6.08 Å². The van der Waals surface area contributed by atoms with E-state index in [0.29, 0.717) is 18.4 Å². The van der Waals surface area contributed by atoms with Gasteiger partial charge in [-0.2, -0.15) is 8.78 Å². The molecule has 0 aromatic carbocycles. The van der Waals surface area contributed by atoms with Crippen LogP contribution in [0.4, 0.5) is 8.78 Å². The first-order valence-corrected chi connectivity index (χ1v) is 4.00. The van der Waals surface area contributed by atoms with E-state index in [9.17, 15) is 8.78 Å². The minimum absolute atomic E-state index is 0.0821. The average molecular weight is 159 g/mol. The molecule has 0 aromatic heterocycles. The van der Waals surface area contributed by atoms with Crippen LogP contribution in [0.25, 0.3) is 0 Å². The van der Waals surface area contributed by atoms with Crippen molar-refractivity contribution in [1.29, 1.82) is 0 Å². The molecule has 0 atom stereocenters. The summed E-state index contributed by atoms with van der Waals surface area (Å²) >= 11 is 0. The second-order valence-electron chi connectivity index (χ2n) is 3.53. The lowest BCUT2D eigenvalue weighted by atomic mass is 9.72. The second-order valence-corrected chi connectivity index (χ2v) is 3.53. The van der Waals surface area contributed by atoms with Gasteiger partial charge in [0.25, 0.3) is 6.08 Å². The Balaban J connectivity index is 2.01. The first kappa shape index (κ1) is 7.22. The van der Waals surface area contributed by atoms with E-state index in [2.05, 4.69) is 5.32 Å². The summed E-state index contributed by atoms with van der Waals surface area (Å²) in [5, 5.41) is 3.29. The quantitative estimate of drug-likeness (QED) is 0.570. The molecule has 1 spiro atoms. The summed E-state index contributed by atoms with van der Waals surface area (Å²) in [5.74, 6) is 0. The van der Waals surface area contributed by atoms with Gasteiger partial charge < -0.3 is 5.32 Å². The molecule has 1 aliphatic heterocycles. The fraction of sp³-hybridized carbons (Fsp3) is 0.750. The summed E-state index contributed by atoms with van der Waals surface area (Å²) in [4.78, 5) is 0. The smallest absolute Gasteiger partial charge is 0.269 e. The van der Waals surface area contributed by atoms with Crippen LogP contribution in [0.1, 0.15) is 25.7 Å². The highest BCUT2D eigenvalue weighted by Crippen LogP contribution is 2.44. The minimum atomic E-state index is -1.45. The third-order valence-corrected chi connectivity index (χ3v) is 2.70. The molecule has 3 heteroatoms. The first-order chi connectivity index (χ1) is 5.22. The van der Waals surface area contributed by atoms with Crippen LogP contribution in [0.3, 0.4) is 0 Å². The van der Waals surface area contributed by atoms with Crippen LogP contribution < -0.4 is 5.32 Å². The molecule has 1 heterocycles. The summed E-state index contributed by atoms with van der Waals surface area (Å²) < 4.78 is 23.9. The number of halogens is 2. The number of rotatable bonds is 0. The van der Waals surface area contributed by atoms with Gasteiger partial charge in [-0.25, -0.2) is 0 Å². The highest BCUT2D eigenvalue weighted by Gasteiger charge is 2.44. The van der Waals surface area contributed by atoms with Crippen molar-refractivity contribution in [3.63, 3.8) is 0 Å². The van der Waals surface area contributed by atoms with Gasteiger partial charge >= 0.3 is 0 Å². The van der Waals surface area contributed by atoms with Crippen molar-refractivity contribution in [2.45, 2.75) is 31.2 Å². The molecule has 1 N–H and O–H groups in total. The Labute approximate surface area is 64.5 Å². The molecule has 0 amide bonds. The van der Waals surface area contributed by atoms with E-state index >= 15 is 0 Å². The molecule has 2 aliphatic rings. The zero-order valence-corrected chi connectivity index (χ0v) is 6.29. The Morgan fingerprint density at radius 3 is 2.55 bits per heavy atom. The third-order valence-electron chi connectivity index (χ3n) is 2.70. The average Bonchev–Trinajstić information content (AvgIpc) is 2.29. The zero-order chi connectivity index (χ0) is 7.90. The van der Waals surface area contributed by atoms with Crippen LogP contribution in [0, 0.1) is 0 Å². The number of nitrogens with one attached hydrogen (secondary N) is 1. The topological polar surface area (TPSA) is 12.0 Å². The summed E-state index contributed by atoms with van der Waals surface area (Å²) in [6.07, 6.45) is 1.92. The molecule has 2 fully saturated rings. The van der Waals surface area contributed by atoms with E-state index in [-0.39, 0.29) is 5.54 Å². The number of hydrogen-bond donors (Lipinski definition) is 1. The maximum Gasteiger partial charge on any atom is 0.269 e. The fourth-order valence-electron chi connectivity index (χ4n) is 2.07. The maximum atomic E-state index is 12.0. The Bertz CT molecular complexity index is 190. The maximum absolute atomic E-state index is 12.0. The normalized spacial score (nSPS) is 36.0. The highest BCUT2D eigenvalue weighted by atomic mass is 19.3. The van der Waals surface area contributed by atoms with E-state index in [0.717, 1.165) is 19.4 Å². The molecule has 2 rings (SSSR count). The summed E-state index contributed by atoms with van der Waals surface area (Å²) in [6, 6.07) is 0. The lowest BCUT2D eigenvalue weighted by Gasteiger charge is -2.40. The predicted octanol–water partition coefficient (Wildman–Crippen LogP) is 2.05. The van der Waals surface area contributed by atoms with Gasteiger partial charge in [0.15, 0.2) is 0 Å². The monoisotopic (exact) mass is 159 g/mol. The zero-order valence-electron chi connectivity index (χ0n) is 6.29. The van der Waals surface area contributed by atoms with E-state index in [1.54, 1.807) is 0 Å². The van der Waals surface area contributed by atoms with Crippen LogP contribution in [0.2, 0.25) is 0 Å². The third kappa shape index (κ3) is 1.07. The summed E-state index contributed by atoms with van der Waals surface area (Å²) in [5.41, 5.74) is 0.443. The summed E-state index contributed by atoms with van der Waals surface area (Å²) in [7, 11) is 0. The van der Waals surface area contributed by atoms with Gasteiger partial charge in [-0.05, 0) is 37.8 Å². The van der Waals surface area contributed by atoms with E-state index in [1.165, 1.54) is 0 Å². The van der Waals surface area contributed by atoms with Gasteiger partial charge in [-0.1, -0.05) is 0 Å². The van der Waals surface area contributed by atoms with Gasteiger partial charge in [-0.3, -0.25) is 0 Å². The van der Waals surface area contributed by atoms with Gasteiger partial charge in [0, 0.05) is 5.54 Å². The molecule has 0 aromatic rings. The molecule has 0 bridgehead atoms. The SMILES string of the molecule is FC(F)=C1CC2(CCCN2)C1. The molecule has 1 aliphatic carbocycles. The van der Waals surface area contributed by atoms with E-state index in [4.69, 9.17) is 0 Å². The molecule has 62 valence electrons. The van der Waals surface area contributed by atoms with Crippen LogP contribution in [-0.2, 0) is 0 Å². The molecular weight excluding hydrogens is 148 g/mol. The van der Waals surface area contributed by atoms with Crippen molar-refractivity contribution in [3.8, 4) is 0 Å². The van der Waals surface area contributed by atoms with Gasteiger partial charge in [0.05, 0.1) is 0 Å². The molecule has 1 saturated heterocycles. The first-order valence-electron chi connectivity index (χ1n) is 4.00. The Kier molecular flexibility index (Phi) is 1.49. The van der Waals surface area contributed by atoms with Crippen LogP contribution in [-0.4, -0.2) is 12.1 Å². The minimum Gasteiger partial charge on any atom is -0.311 e. The Hall–Kier alpha value is -0.440. The van der Waals surface area contributed by atoms with Gasteiger partial charge in [0.2, 0.25) is 0 Å². The predicted molar refractivity (Wildman–Crippen MR) is 38.4 cm³/mol. The standard InChI is InChI=1S/C8H11F2N/c9-7(10)6-4-8(5-6)2-1-3-11-8/h11H,1-5H2. The Morgan fingerprint density at radius 2 is 2.09 bits per heavy atom. The van der Waals surface area contributed by atoms with Crippen molar-refractivity contribution < 1.29 is 8.78 Å². The Morgan fingerprint density at radius 1 is 1.36 bits per heavy atom. The van der Waals surface area contributed by atoms with Crippen molar-refractivity contribution >= 4 is 0 Å². The van der Waals surface area contributed by atoms with Crippen LogP contribution in [0.5, 0.6) is 0 Å². The second kappa shape index (κ2) is 2.27. The largest absolute Gasteiger partial charge is 0.311 e. The molecule has 1 nitrogen and oxygen atoms in total. The lowest BCUT2D eigenvalue weighted by molar-refractivity contribution is 0.263. The molecule has 11 heavy (non-hydrogen) atoms. The molecular formula is C8H11F2N. The fourth-order valence-corrected chi connectivity index (χ4v) is 2.07. The molecule has 0 radical (unpaired) electrons. The highest BCUT2D eigenvalue weighted by molar-refractivity contribution is 5.24. The van der Waals surface area contributed by atoms with Crippen LogP contribution in [0.15, 0.2) is 11.7 Å². The van der Waals surface area contributed by atoms with Gasteiger partial charge in [0.1, 0.15) is 0 Å². The lowest BCUT2D eigenvalue weighted by Crippen LogP contribution is -2.47. The van der Waals surface area contributed by atoms with Crippen molar-refractivity contribution in [3.05, 3.63) is 11.7 Å². The van der Waals surface area contributed by atoms with Crippen molar-refractivity contribution in [2.75, 3.05) is 6.54 Å². The van der Waals surface area contributed by atoms with Crippen molar-refractivity contribution in [1.82, 2.24) is 5.32 Å². The summed E-state index contributed by atoms with van der Waals surface area (Å²) in [6.45, 7) is 1.00. The number of hydrogen-bond acceptors (Lipinski definition) is 1.